The number of hydrogen-bond acceptors (Lipinski definition) is 3. The fourth-order valence-corrected chi connectivity index (χ4v) is 2.20. The highest BCUT2D eigenvalue weighted by atomic mass is 35.5. The zero-order valence-corrected chi connectivity index (χ0v) is 12.1. The zero-order valence-electron chi connectivity index (χ0n) is 11.3. The Morgan fingerprint density at radius 1 is 1.24 bits per heavy atom. The first-order valence-corrected chi connectivity index (χ1v) is 6.64. The van der Waals surface area contributed by atoms with E-state index in [1.54, 1.807) is 0 Å². The highest BCUT2D eigenvalue weighted by molar-refractivity contribution is 6.35. The van der Waals surface area contributed by atoms with Gasteiger partial charge in [-0.1, -0.05) is 41.9 Å². The van der Waals surface area contributed by atoms with Gasteiger partial charge in [0.25, 0.3) is 11.6 Å². The predicted molar refractivity (Wildman–Crippen MR) is 80.5 cm³/mol. The number of nitrogens with one attached hydrogen (secondary N) is 1. The van der Waals surface area contributed by atoms with Gasteiger partial charge in [0.15, 0.2) is 0 Å². The lowest BCUT2D eigenvalue weighted by atomic mass is 10.1. The van der Waals surface area contributed by atoms with E-state index in [2.05, 4.69) is 5.32 Å². The number of nitro groups is 1. The number of carbonyl (C=O) groups is 1. The Morgan fingerprint density at radius 3 is 2.62 bits per heavy atom. The molecular weight excluding hydrogens is 292 g/mol. The molecule has 5 nitrogen and oxygen atoms in total. The molecular formula is C15H13ClN2O3. The highest BCUT2D eigenvalue weighted by Crippen LogP contribution is 2.27. The maximum Gasteiger partial charge on any atom is 0.288 e. The summed E-state index contributed by atoms with van der Waals surface area (Å²) in [6.45, 7) is 2.28. The van der Waals surface area contributed by atoms with E-state index in [9.17, 15) is 14.9 Å². The molecule has 0 aliphatic rings. The number of halogens is 1. The second-order valence-electron chi connectivity index (χ2n) is 4.50. The van der Waals surface area contributed by atoms with Gasteiger partial charge in [-0.2, -0.15) is 0 Å². The van der Waals surface area contributed by atoms with Crippen LogP contribution in [0.2, 0.25) is 5.02 Å². The van der Waals surface area contributed by atoms with E-state index in [0.29, 0.717) is 6.54 Å². The second kappa shape index (κ2) is 6.37. The van der Waals surface area contributed by atoms with Gasteiger partial charge in [0, 0.05) is 12.6 Å². The summed E-state index contributed by atoms with van der Waals surface area (Å²) >= 11 is 5.91. The van der Waals surface area contributed by atoms with Crippen LogP contribution in [-0.2, 0) is 6.54 Å². The van der Waals surface area contributed by atoms with Crippen LogP contribution in [0, 0.1) is 17.0 Å². The fourth-order valence-electron chi connectivity index (χ4n) is 1.92. The van der Waals surface area contributed by atoms with Crippen LogP contribution >= 0.6 is 11.6 Å². The maximum absolute atomic E-state index is 12.1. The Kier molecular flexibility index (Phi) is 4.55. The smallest absolute Gasteiger partial charge is 0.288 e. The summed E-state index contributed by atoms with van der Waals surface area (Å²) in [5.74, 6) is -0.438. The Balaban J connectivity index is 2.16. The predicted octanol–water partition coefficient (Wildman–Crippen LogP) is 3.49. The number of hydrogen-bond donors (Lipinski definition) is 1. The molecule has 6 heteroatoms. The van der Waals surface area contributed by atoms with Crippen LogP contribution in [-0.4, -0.2) is 10.8 Å². The van der Waals surface area contributed by atoms with Gasteiger partial charge >= 0.3 is 0 Å². The Morgan fingerprint density at radius 2 is 1.95 bits per heavy atom. The van der Waals surface area contributed by atoms with Gasteiger partial charge in [0.1, 0.15) is 5.02 Å². The van der Waals surface area contributed by atoms with Crippen molar-refractivity contribution in [3.05, 3.63) is 74.3 Å². The normalized spacial score (nSPS) is 10.2. The van der Waals surface area contributed by atoms with Gasteiger partial charge in [-0.15, -0.1) is 0 Å². The molecule has 0 heterocycles. The number of nitro benzene ring substituents is 1. The lowest BCUT2D eigenvalue weighted by molar-refractivity contribution is -0.384. The van der Waals surface area contributed by atoms with Gasteiger partial charge in [-0.25, -0.2) is 0 Å². The van der Waals surface area contributed by atoms with Gasteiger partial charge in [-0.3, -0.25) is 14.9 Å². The van der Waals surface area contributed by atoms with Crippen molar-refractivity contribution >= 4 is 23.2 Å². The minimum Gasteiger partial charge on any atom is -0.348 e. The standard InChI is InChI=1S/C15H13ClN2O3/c1-10-5-2-3-6-11(10)9-17-15(19)12-7-4-8-13(14(12)16)18(20)21/h2-8H,9H2,1H3,(H,17,19). The largest absolute Gasteiger partial charge is 0.348 e. The van der Waals surface area contributed by atoms with E-state index in [-0.39, 0.29) is 16.3 Å². The van der Waals surface area contributed by atoms with Crippen molar-refractivity contribution < 1.29 is 9.72 Å². The summed E-state index contributed by atoms with van der Waals surface area (Å²) in [7, 11) is 0. The number of nitrogens with zero attached hydrogens (tertiary/aromatic N) is 1. The molecule has 0 fully saturated rings. The van der Waals surface area contributed by atoms with Crippen molar-refractivity contribution in [2.75, 3.05) is 0 Å². The van der Waals surface area contributed by atoms with Gasteiger partial charge in [-0.05, 0) is 24.1 Å². The number of carbonyl (C=O) groups excluding carboxylic acids is 1. The average Bonchev–Trinajstić information content (AvgIpc) is 2.46. The van der Waals surface area contributed by atoms with Crippen LogP contribution in [0.3, 0.4) is 0 Å². The molecule has 0 radical (unpaired) electrons. The van der Waals surface area contributed by atoms with Crippen LogP contribution in [0.1, 0.15) is 21.5 Å². The quantitative estimate of drug-likeness (QED) is 0.694. The van der Waals surface area contributed by atoms with Crippen LogP contribution < -0.4 is 5.32 Å². The van der Waals surface area contributed by atoms with E-state index < -0.39 is 10.8 Å². The summed E-state index contributed by atoms with van der Waals surface area (Å²) in [5, 5.41) is 13.4. The topological polar surface area (TPSA) is 72.2 Å². The van der Waals surface area contributed by atoms with Crippen molar-refractivity contribution in [3.8, 4) is 0 Å². The lowest BCUT2D eigenvalue weighted by Gasteiger charge is -2.09. The molecule has 1 amide bonds. The van der Waals surface area contributed by atoms with Gasteiger partial charge < -0.3 is 5.32 Å². The first-order valence-electron chi connectivity index (χ1n) is 6.26. The molecule has 1 N–H and O–H groups in total. The van der Waals surface area contributed by atoms with Crippen LogP contribution in [0.15, 0.2) is 42.5 Å². The molecule has 2 aromatic rings. The highest BCUT2D eigenvalue weighted by Gasteiger charge is 2.19. The molecule has 21 heavy (non-hydrogen) atoms. The van der Waals surface area contributed by atoms with E-state index in [1.165, 1.54) is 18.2 Å². The average molecular weight is 305 g/mol. The first kappa shape index (κ1) is 15.0. The Labute approximate surface area is 126 Å². The molecule has 0 unspecified atom stereocenters. The van der Waals surface area contributed by atoms with Crippen LogP contribution in [0.25, 0.3) is 0 Å². The summed E-state index contributed by atoms with van der Waals surface area (Å²) < 4.78 is 0. The van der Waals surface area contributed by atoms with Crippen LogP contribution in [0.4, 0.5) is 5.69 Å². The zero-order chi connectivity index (χ0) is 15.4. The lowest BCUT2D eigenvalue weighted by Crippen LogP contribution is -2.23. The summed E-state index contributed by atoms with van der Waals surface area (Å²) in [4.78, 5) is 22.3. The summed E-state index contributed by atoms with van der Waals surface area (Å²) in [6, 6.07) is 11.8. The molecule has 0 saturated heterocycles. The SMILES string of the molecule is Cc1ccccc1CNC(=O)c1cccc([N+](=O)[O-])c1Cl. The molecule has 0 aliphatic carbocycles. The van der Waals surface area contributed by atoms with Crippen molar-refractivity contribution in [1.82, 2.24) is 5.32 Å². The number of benzene rings is 2. The minimum atomic E-state index is -0.611. The molecule has 0 atom stereocenters. The van der Waals surface area contributed by atoms with Crippen molar-refractivity contribution in [1.29, 1.82) is 0 Å². The molecule has 0 aromatic heterocycles. The monoisotopic (exact) mass is 304 g/mol. The van der Waals surface area contributed by atoms with Crippen LogP contribution in [0.5, 0.6) is 0 Å². The Bertz CT molecular complexity index is 701. The Hall–Kier alpha value is -2.40. The third kappa shape index (κ3) is 3.38. The molecule has 0 aliphatic heterocycles. The minimum absolute atomic E-state index is 0.0967. The van der Waals surface area contributed by atoms with E-state index >= 15 is 0 Å². The van der Waals surface area contributed by atoms with Crippen molar-refractivity contribution in [2.45, 2.75) is 13.5 Å². The summed E-state index contributed by atoms with van der Waals surface area (Å²) in [5.41, 5.74) is 1.86. The van der Waals surface area contributed by atoms with Gasteiger partial charge in [0.05, 0.1) is 10.5 Å². The van der Waals surface area contributed by atoms with Crippen molar-refractivity contribution in [3.63, 3.8) is 0 Å². The second-order valence-corrected chi connectivity index (χ2v) is 4.88. The molecule has 2 aromatic carbocycles. The number of aryl methyl sites for hydroxylation is 1. The van der Waals surface area contributed by atoms with E-state index in [0.717, 1.165) is 11.1 Å². The van der Waals surface area contributed by atoms with Crippen molar-refractivity contribution in [2.24, 2.45) is 0 Å². The molecule has 108 valence electrons. The number of amides is 1. The molecule has 0 spiro atoms. The molecule has 0 saturated carbocycles. The molecule has 0 bridgehead atoms. The third-order valence-corrected chi connectivity index (χ3v) is 3.52. The first-order chi connectivity index (χ1) is 10.0. The van der Waals surface area contributed by atoms with Gasteiger partial charge in [0.2, 0.25) is 0 Å². The number of rotatable bonds is 4. The van der Waals surface area contributed by atoms with E-state index in [1.807, 2.05) is 31.2 Å². The molecule has 2 rings (SSSR count). The maximum atomic E-state index is 12.1. The fraction of sp³-hybridized carbons (Fsp3) is 0.133. The third-order valence-electron chi connectivity index (χ3n) is 3.12. The summed E-state index contributed by atoms with van der Waals surface area (Å²) in [6.07, 6.45) is 0. The van der Waals surface area contributed by atoms with E-state index in [4.69, 9.17) is 11.6 Å².